The fourth-order valence-electron chi connectivity index (χ4n) is 16.9. The Labute approximate surface area is 538 Å². The van der Waals surface area contributed by atoms with E-state index in [9.17, 15) is 0 Å². The van der Waals surface area contributed by atoms with E-state index >= 15 is 0 Å². The van der Waals surface area contributed by atoms with E-state index in [-0.39, 0.29) is 0 Å². The maximum Gasteiger partial charge on any atom is 0.287 e. The number of hydrogen-bond acceptors (Lipinski definition) is 4. The number of benzene rings is 5. The van der Waals surface area contributed by atoms with Crippen molar-refractivity contribution >= 4 is 38.1 Å². The molecule has 5 aliphatic carbocycles. The minimum atomic E-state index is -1.38. The lowest BCUT2D eigenvalue weighted by molar-refractivity contribution is -0.601. The maximum atomic E-state index is 6.37. The van der Waals surface area contributed by atoms with E-state index in [4.69, 9.17) is 18.9 Å². The second kappa shape index (κ2) is 29.2. The molecule has 8 atom stereocenters. The van der Waals surface area contributed by atoms with Crippen LogP contribution < -0.4 is 24.1 Å². The molecule has 0 bridgehead atoms. The number of ether oxygens (including phenoxy) is 4. The van der Waals surface area contributed by atoms with Gasteiger partial charge in [-0.3, -0.25) is 0 Å². The van der Waals surface area contributed by atoms with Crippen molar-refractivity contribution in [1.29, 1.82) is 0 Å². The number of nitrogens with zero attached hydrogens (tertiary/aromatic N) is 4. The largest absolute Gasteiger partial charge is 0.436 e. The van der Waals surface area contributed by atoms with Crippen molar-refractivity contribution in [1.82, 2.24) is 0 Å². The lowest BCUT2D eigenvalue weighted by atomic mass is 9.82. The molecule has 14 rings (SSSR count). The van der Waals surface area contributed by atoms with Gasteiger partial charge in [-0.25, -0.2) is 0 Å². The predicted molar refractivity (Wildman–Crippen MR) is 373 cm³/mol. The Bertz CT molecular complexity index is 3400. The summed E-state index contributed by atoms with van der Waals surface area (Å²) in [7, 11) is -1.38. The summed E-state index contributed by atoms with van der Waals surface area (Å²) >= 11 is 0. The summed E-state index contributed by atoms with van der Waals surface area (Å²) in [5.41, 5.74) is 15.6. The van der Waals surface area contributed by atoms with Gasteiger partial charge in [-0.1, -0.05) is 146 Å². The average molecular weight is 1220 g/mol. The van der Waals surface area contributed by atoms with Gasteiger partial charge in [-0.05, 0) is 174 Å². The van der Waals surface area contributed by atoms with Crippen molar-refractivity contribution < 1.29 is 37.2 Å². The van der Waals surface area contributed by atoms with E-state index in [0.29, 0.717) is 43.5 Å². The zero-order chi connectivity index (χ0) is 62.3. The molecule has 9 aliphatic rings. The standard InChI is InChI=1S/C22H32NO.C22H26NO.C19H30NOSi.C17H24NO/c2*1-16-12-19-14-23(21-11-7-6-8-17(21)2)15-24-22(19)20(13-16)18-9-4-3-5-10-18;1-14-10-16-12-20(17-9-7-6-8-15(17)2)13-21-19(16)18(11-14)22(3,4)5;1-12-8-14(3)17-15(9-12)10-18(11-19-17)16-7-5-4-6-13(16)2/h12-14,17-18,21H,3-11,15H2,1-2H3;3-5,9-10,12-14,17,21H,6-8,11,15H2,1-2H3;10-12,15,17H,6-9,13H2,1-5H3;8-10,13,16H,4-7,11H2,1-3H3/q4*+1. The Morgan fingerprint density at radius 2 is 0.719 bits per heavy atom. The van der Waals surface area contributed by atoms with Gasteiger partial charge in [0.2, 0.25) is 0 Å². The van der Waals surface area contributed by atoms with Gasteiger partial charge in [0.1, 0.15) is 23.0 Å². The first-order chi connectivity index (χ1) is 42.9. The molecule has 8 nitrogen and oxygen atoms in total. The fourth-order valence-corrected chi connectivity index (χ4v) is 18.5. The first-order valence-electron chi connectivity index (χ1n) is 35.5. The molecule has 4 aliphatic heterocycles. The van der Waals surface area contributed by atoms with Crippen LogP contribution in [0.5, 0.6) is 23.0 Å². The third kappa shape index (κ3) is 15.6. The summed E-state index contributed by atoms with van der Waals surface area (Å²) in [6, 6.07) is 31.4. The van der Waals surface area contributed by atoms with Crippen LogP contribution in [0.15, 0.2) is 78.9 Å². The highest BCUT2D eigenvalue weighted by Gasteiger charge is 2.38. The van der Waals surface area contributed by atoms with Gasteiger partial charge < -0.3 is 18.9 Å². The summed E-state index contributed by atoms with van der Waals surface area (Å²) in [5, 5.41) is 1.47. The molecule has 5 fully saturated rings. The van der Waals surface area contributed by atoms with Gasteiger partial charge in [0.25, 0.3) is 26.9 Å². The van der Waals surface area contributed by atoms with E-state index in [2.05, 4.69) is 204 Å². The van der Waals surface area contributed by atoms with Crippen molar-refractivity contribution in [3.63, 3.8) is 0 Å². The van der Waals surface area contributed by atoms with Gasteiger partial charge in [0, 0.05) is 54.9 Å². The van der Waals surface area contributed by atoms with Gasteiger partial charge in [-0.15, -0.1) is 0 Å². The molecular formula is C80H112N4O4Si+4. The molecule has 0 saturated heterocycles. The summed E-state index contributed by atoms with van der Waals surface area (Å²) in [6.07, 6.45) is 37.9. The molecule has 5 aromatic carbocycles. The third-order valence-electron chi connectivity index (χ3n) is 21.8. The van der Waals surface area contributed by atoms with Gasteiger partial charge >= 0.3 is 0 Å². The molecule has 0 amide bonds. The van der Waals surface area contributed by atoms with Crippen LogP contribution in [0.2, 0.25) is 19.6 Å². The van der Waals surface area contributed by atoms with Crippen molar-refractivity contribution in [2.75, 3.05) is 26.9 Å². The molecule has 4 heterocycles. The van der Waals surface area contributed by atoms with Crippen molar-refractivity contribution in [3.8, 4) is 34.1 Å². The molecule has 9 heteroatoms. The van der Waals surface area contributed by atoms with Crippen LogP contribution in [0.4, 0.5) is 0 Å². The number of aryl methyl sites for hydroxylation is 5. The molecule has 0 spiro atoms. The average Bonchev–Trinajstić information content (AvgIpc) is 3.43. The van der Waals surface area contributed by atoms with Crippen LogP contribution in [0, 0.1) is 58.3 Å². The highest BCUT2D eigenvalue weighted by atomic mass is 28.3. The lowest BCUT2D eigenvalue weighted by Crippen LogP contribution is -2.44. The molecule has 0 N–H and O–H groups in total. The van der Waals surface area contributed by atoms with Crippen molar-refractivity contribution in [3.05, 3.63) is 134 Å². The predicted octanol–water partition coefficient (Wildman–Crippen LogP) is 18.0. The van der Waals surface area contributed by atoms with Gasteiger partial charge in [-0.2, -0.15) is 18.3 Å². The first kappa shape index (κ1) is 64.7. The lowest BCUT2D eigenvalue weighted by Gasteiger charge is -2.30. The van der Waals surface area contributed by atoms with Crippen molar-refractivity contribution in [2.45, 2.75) is 247 Å². The zero-order valence-electron chi connectivity index (χ0n) is 57.1. The molecule has 89 heavy (non-hydrogen) atoms. The van der Waals surface area contributed by atoms with Gasteiger partial charge in [0.15, 0.2) is 49.0 Å². The van der Waals surface area contributed by atoms with Crippen LogP contribution in [0.1, 0.15) is 224 Å². The number of hydrogen-bond donors (Lipinski definition) is 0. The monoisotopic (exact) mass is 1220 g/mol. The maximum absolute atomic E-state index is 6.37. The molecule has 0 radical (unpaired) electrons. The van der Waals surface area contributed by atoms with Crippen LogP contribution in [-0.4, -0.2) is 102 Å². The van der Waals surface area contributed by atoms with Gasteiger partial charge in [0.05, 0.1) is 30.3 Å². The Hall–Kier alpha value is -5.80. The molecule has 0 aromatic heterocycles. The van der Waals surface area contributed by atoms with E-state index in [1.165, 1.54) is 213 Å². The summed E-state index contributed by atoms with van der Waals surface area (Å²) < 4.78 is 34.7. The summed E-state index contributed by atoms with van der Waals surface area (Å²) in [5.74, 6) is 8.24. The Morgan fingerprint density at radius 3 is 1.18 bits per heavy atom. The topological polar surface area (TPSA) is 49.0 Å². The highest BCUT2D eigenvalue weighted by molar-refractivity contribution is 6.89. The fraction of sp³-hybridized carbons (Fsp3) is 0.575. The second-order valence-electron chi connectivity index (χ2n) is 30.2. The van der Waals surface area contributed by atoms with E-state index in [0.717, 1.165) is 54.4 Å². The van der Waals surface area contributed by atoms with Crippen LogP contribution in [0.3, 0.4) is 0 Å². The Morgan fingerprint density at radius 1 is 0.360 bits per heavy atom. The molecular weight excluding hydrogens is 1110 g/mol. The molecule has 5 saturated carbocycles. The van der Waals surface area contributed by atoms with Crippen LogP contribution >= 0.6 is 0 Å². The van der Waals surface area contributed by atoms with E-state index < -0.39 is 8.07 Å². The normalized spacial score (nSPS) is 25.7. The zero-order valence-corrected chi connectivity index (χ0v) is 58.1. The molecule has 476 valence electrons. The van der Waals surface area contributed by atoms with Crippen LogP contribution in [0.25, 0.3) is 11.1 Å². The minimum absolute atomic E-state index is 0.618. The smallest absolute Gasteiger partial charge is 0.287 e. The second-order valence-corrected chi connectivity index (χ2v) is 35.2. The minimum Gasteiger partial charge on any atom is -0.436 e. The molecule has 8 unspecified atom stereocenters. The Balaban J connectivity index is 0.000000123. The quantitative estimate of drug-likeness (QED) is 0.120. The molecule has 5 aromatic rings. The Kier molecular flexibility index (Phi) is 21.2. The third-order valence-corrected chi connectivity index (χ3v) is 23.8. The summed E-state index contributed by atoms with van der Waals surface area (Å²) in [4.78, 5) is 0. The van der Waals surface area contributed by atoms with E-state index in [1.807, 2.05) is 0 Å². The van der Waals surface area contributed by atoms with E-state index in [1.54, 1.807) is 0 Å². The SMILES string of the molecule is Cc1cc(C)c2c(c1)C=[N+](C1CCCCC1C)CO2.Cc1cc2c(c(-c3ccccc3)c1)OC[N+](C1CCCCC1C)=C2.Cc1cc2c(c(C3CCCCC3)c1)OC[N+](C1CCCCC1C)=C2.Cc1cc2c(c([Si](C)(C)C)c1)OC[N+](C1CCCCC1C)=C2. The van der Waals surface area contributed by atoms with Crippen LogP contribution in [-0.2, 0) is 0 Å². The number of fused-ring (bicyclic) bond motifs is 4. The van der Waals surface area contributed by atoms with Crippen molar-refractivity contribution in [2.24, 2.45) is 23.7 Å². The number of rotatable bonds is 7. The highest BCUT2D eigenvalue weighted by Crippen LogP contribution is 2.42. The summed E-state index contributed by atoms with van der Waals surface area (Å²) in [6.45, 7) is 30.6. The first-order valence-corrected chi connectivity index (χ1v) is 39.0.